The van der Waals surface area contributed by atoms with E-state index in [0.717, 1.165) is 0 Å². The van der Waals surface area contributed by atoms with E-state index in [9.17, 15) is 9.59 Å². The molecule has 0 heterocycles. The number of hydrogen-bond acceptors (Lipinski definition) is 3. The Morgan fingerprint density at radius 1 is 1.13 bits per heavy atom. The first-order chi connectivity index (χ1) is 10.8. The van der Waals surface area contributed by atoms with Crippen LogP contribution < -0.4 is 16.0 Å². The minimum atomic E-state index is -0.553. The minimum Gasteiger partial charge on any atom is -0.353 e. The molecule has 128 valence electrons. The summed E-state index contributed by atoms with van der Waals surface area (Å²) in [6, 6.07) is 6.22. The first-order valence-electron chi connectivity index (χ1n) is 7.84. The number of benzene rings is 1. The number of rotatable bonds is 8. The van der Waals surface area contributed by atoms with Gasteiger partial charge in [-0.2, -0.15) is 0 Å². The third-order valence-corrected chi connectivity index (χ3v) is 3.76. The molecular formula is C17H26ClN3O2. The number of likely N-dealkylation sites (N-methyl/N-ethyl adjacent to an activating group) is 1. The number of carbonyl (C=O) groups is 2. The highest BCUT2D eigenvalue weighted by atomic mass is 35.5. The Balaban J connectivity index is 2.71. The number of nitrogens with one attached hydrogen (secondary N) is 3. The Labute approximate surface area is 143 Å². The maximum Gasteiger partial charge on any atom is 0.251 e. The lowest BCUT2D eigenvalue weighted by Gasteiger charge is -2.21. The highest BCUT2D eigenvalue weighted by Gasteiger charge is 2.22. The van der Waals surface area contributed by atoms with Gasteiger partial charge in [-0.05, 0) is 50.6 Å². The maximum atomic E-state index is 12.3. The fourth-order valence-corrected chi connectivity index (χ4v) is 2.15. The molecule has 0 spiro atoms. The maximum absolute atomic E-state index is 12.3. The summed E-state index contributed by atoms with van der Waals surface area (Å²) in [7, 11) is 1.84. The van der Waals surface area contributed by atoms with Crippen LogP contribution in [0.4, 0.5) is 0 Å². The third kappa shape index (κ3) is 7.01. The van der Waals surface area contributed by atoms with Gasteiger partial charge in [0.2, 0.25) is 5.91 Å². The van der Waals surface area contributed by atoms with Gasteiger partial charge in [0.25, 0.3) is 5.91 Å². The van der Waals surface area contributed by atoms with E-state index in [1.807, 2.05) is 27.8 Å². The summed E-state index contributed by atoms with van der Waals surface area (Å²) in [5.74, 6) is -0.148. The highest BCUT2D eigenvalue weighted by Crippen LogP contribution is 2.11. The van der Waals surface area contributed by atoms with Crippen molar-refractivity contribution in [3.8, 4) is 0 Å². The second-order valence-corrected chi connectivity index (χ2v) is 6.53. The summed E-state index contributed by atoms with van der Waals surface area (Å²) in [6.45, 7) is 6.53. The topological polar surface area (TPSA) is 70.2 Å². The highest BCUT2D eigenvalue weighted by molar-refractivity contribution is 6.30. The summed E-state index contributed by atoms with van der Waals surface area (Å²) in [4.78, 5) is 24.6. The number of carbonyl (C=O) groups excluding carboxylic acids is 2. The van der Waals surface area contributed by atoms with Crippen molar-refractivity contribution in [1.82, 2.24) is 16.0 Å². The lowest BCUT2D eigenvalue weighted by Crippen LogP contribution is -2.49. The van der Waals surface area contributed by atoms with E-state index >= 15 is 0 Å². The first kappa shape index (κ1) is 19.5. The monoisotopic (exact) mass is 339 g/mol. The fourth-order valence-electron chi connectivity index (χ4n) is 2.02. The van der Waals surface area contributed by atoms with Crippen molar-refractivity contribution in [2.75, 3.05) is 13.6 Å². The summed E-state index contributed by atoms with van der Waals surface area (Å²) in [5.41, 5.74) is 0.486. The molecular weight excluding hydrogens is 314 g/mol. The molecule has 0 bridgehead atoms. The van der Waals surface area contributed by atoms with Crippen molar-refractivity contribution < 1.29 is 9.59 Å². The Hall–Kier alpha value is -1.59. The van der Waals surface area contributed by atoms with Crippen molar-refractivity contribution in [3.63, 3.8) is 0 Å². The van der Waals surface area contributed by atoms with Gasteiger partial charge in [-0.15, -0.1) is 0 Å². The van der Waals surface area contributed by atoms with E-state index in [4.69, 9.17) is 11.6 Å². The molecule has 0 saturated heterocycles. The number of hydrogen-bond donors (Lipinski definition) is 3. The van der Waals surface area contributed by atoms with Gasteiger partial charge in [0, 0.05) is 23.2 Å². The molecule has 1 aromatic carbocycles. The molecule has 2 amide bonds. The van der Waals surface area contributed by atoms with Crippen LogP contribution in [0.5, 0.6) is 0 Å². The normalized spacial score (nSPS) is 13.5. The predicted octanol–water partition coefficient (Wildman–Crippen LogP) is 2.21. The van der Waals surface area contributed by atoms with Gasteiger partial charge in [0.05, 0.1) is 0 Å². The van der Waals surface area contributed by atoms with Crippen LogP contribution in [0.15, 0.2) is 24.3 Å². The zero-order chi connectivity index (χ0) is 17.4. The van der Waals surface area contributed by atoms with Gasteiger partial charge in [-0.25, -0.2) is 0 Å². The smallest absolute Gasteiger partial charge is 0.251 e. The molecule has 0 fully saturated rings. The zero-order valence-corrected chi connectivity index (χ0v) is 14.9. The Bertz CT molecular complexity index is 517. The van der Waals surface area contributed by atoms with Crippen molar-refractivity contribution in [2.24, 2.45) is 5.92 Å². The van der Waals surface area contributed by atoms with Crippen LogP contribution in [0.3, 0.4) is 0 Å². The molecule has 0 radical (unpaired) electrons. The quantitative estimate of drug-likeness (QED) is 0.680. The second-order valence-electron chi connectivity index (χ2n) is 6.10. The molecule has 0 aliphatic heterocycles. The van der Waals surface area contributed by atoms with Crippen molar-refractivity contribution in [2.45, 2.75) is 39.3 Å². The Morgan fingerprint density at radius 2 is 1.74 bits per heavy atom. The van der Waals surface area contributed by atoms with Crippen LogP contribution in [-0.2, 0) is 4.79 Å². The van der Waals surface area contributed by atoms with E-state index in [1.165, 1.54) is 0 Å². The van der Waals surface area contributed by atoms with Crippen molar-refractivity contribution in [1.29, 1.82) is 0 Å². The van der Waals surface area contributed by atoms with Gasteiger partial charge < -0.3 is 16.0 Å². The van der Waals surface area contributed by atoms with Gasteiger partial charge in [-0.3, -0.25) is 9.59 Å². The fraction of sp³-hybridized carbons (Fsp3) is 0.529. The van der Waals surface area contributed by atoms with E-state index in [2.05, 4.69) is 16.0 Å². The number of amides is 2. The molecule has 0 aliphatic carbocycles. The molecule has 6 heteroatoms. The van der Waals surface area contributed by atoms with Crippen LogP contribution in [0.25, 0.3) is 0 Å². The molecule has 2 atom stereocenters. The molecule has 0 aliphatic rings. The van der Waals surface area contributed by atoms with Gasteiger partial charge >= 0.3 is 0 Å². The molecule has 3 N–H and O–H groups in total. The Morgan fingerprint density at radius 3 is 2.26 bits per heavy atom. The van der Waals surface area contributed by atoms with E-state index in [1.54, 1.807) is 24.3 Å². The number of halogens is 1. The summed E-state index contributed by atoms with van der Waals surface area (Å²) < 4.78 is 0. The molecule has 0 saturated carbocycles. The van der Waals surface area contributed by atoms with Crippen LogP contribution in [-0.4, -0.2) is 37.5 Å². The SMILES string of the molecule is CNC(C)CNC(=O)C(CC(C)C)NC(=O)c1ccc(Cl)cc1. The van der Waals surface area contributed by atoms with Crippen LogP contribution in [0.2, 0.25) is 5.02 Å². The van der Waals surface area contributed by atoms with Crippen LogP contribution >= 0.6 is 11.6 Å². The second kappa shape index (κ2) is 9.53. The summed E-state index contributed by atoms with van der Waals surface area (Å²) in [6.07, 6.45) is 0.582. The van der Waals surface area contributed by atoms with Crippen molar-refractivity contribution in [3.05, 3.63) is 34.9 Å². The lowest BCUT2D eigenvalue weighted by atomic mass is 10.0. The lowest BCUT2D eigenvalue weighted by molar-refractivity contribution is -0.123. The molecule has 5 nitrogen and oxygen atoms in total. The molecule has 0 aromatic heterocycles. The summed E-state index contributed by atoms with van der Waals surface area (Å²) >= 11 is 5.82. The van der Waals surface area contributed by atoms with Crippen molar-refractivity contribution >= 4 is 23.4 Å². The van der Waals surface area contributed by atoms with E-state index in [-0.39, 0.29) is 23.8 Å². The molecule has 1 aromatic rings. The van der Waals surface area contributed by atoms with Gasteiger partial charge in [-0.1, -0.05) is 25.4 Å². The van der Waals surface area contributed by atoms with Gasteiger partial charge in [0.1, 0.15) is 6.04 Å². The average Bonchev–Trinajstić information content (AvgIpc) is 2.51. The van der Waals surface area contributed by atoms with Gasteiger partial charge in [0.15, 0.2) is 0 Å². The predicted molar refractivity (Wildman–Crippen MR) is 93.7 cm³/mol. The molecule has 23 heavy (non-hydrogen) atoms. The molecule has 2 unspecified atom stereocenters. The van der Waals surface area contributed by atoms with Crippen LogP contribution in [0, 0.1) is 5.92 Å². The minimum absolute atomic E-state index is 0.164. The average molecular weight is 340 g/mol. The van der Waals surface area contributed by atoms with E-state index < -0.39 is 6.04 Å². The third-order valence-electron chi connectivity index (χ3n) is 3.51. The largest absolute Gasteiger partial charge is 0.353 e. The standard InChI is InChI=1S/C17H26ClN3O2/c1-11(2)9-15(17(23)20-10-12(3)19-4)21-16(22)13-5-7-14(18)8-6-13/h5-8,11-12,15,19H,9-10H2,1-4H3,(H,20,23)(H,21,22). The summed E-state index contributed by atoms with van der Waals surface area (Å²) in [5, 5.41) is 9.30. The van der Waals surface area contributed by atoms with Crippen LogP contribution in [0.1, 0.15) is 37.6 Å². The van der Waals surface area contributed by atoms with E-state index in [0.29, 0.717) is 23.6 Å². The Kier molecular flexibility index (Phi) is 8.06. The molecule has 1 rings (SSSR count). The first-order valence-corrected chi connectivity index (χ1v) is 8.22. The zero-order valence-electron chi connectivity index (χ0n) is 14.2.